The van der Waals surface area contributed by atoms with E-state index >= 15 is 0 Å². The van der Waals surface area contributed by atoms with E-state index in [2.05, 4.69) is 6.92 Å². The van der Waals surface area contributed by atoms with E-state index in [4.69, 9.17) is 9.47 Å². The summed E-state index contributed by atoms with van der Waals surface area (Å²) >= 11 is 0. The molecule has 0 amide bonds. The number of carbonyl (C=O) groups is 2. The molecule has 0 fully saturated rings. The Labute approximate surface area is 151 Å². The molecule has 0 saturated heterocycles. The van der Waals surface area contributed by atoms with Gasteiger partial charge in [-0.15, -0.1) is 0 Å². The Bertz CT molecular complexity index is 490. The number of ether oxygens (including phenoxy) is 2. The SMILES string of the molecule is CCCCCC(Cc1ccccc1)(C(=O)OCCC)C(=O)OCCC. The van der Waals surface area contributed by atoms with Crippen molar-refractivity contribution in [1.82, 2.24) is 0 Å². The quantitative estimate of drug-likeness (QED) is 0.312. The van der Waals surface area contributed by atoms with E-state index in [9.17, 15) is 9.59 Å². The molecule has 25 heavy (non-hydrogen) atoms. The molecule has 0 aliphatic rings. The van der Waals surface area contributed by atoms with Crippen LogP contribution in [0.1, 0.15) is 64.9 Å². The molecule has 4 heteroatoms. The Kier molecular flexibility index (Phi) is 9.90. The third-order valence-electron chi connectivity index (χ3n) is 4.21. The summed E-state index contributed by atoms with van der Waals surface area (Å²) in [6.45, 7) is 6.63. The molecule has 0 spiro atoms. The Morgan fingerprint density at radius 2 is 1.40 bits per heavy atom. The Balaban J connectivity index is 3.13. The number of hydrogen-bond acceptors (Lipinski definition) is 4. The van der Waals surface area contributed by atoms with Gasteiger partial charge in [0, 0.05) is 0 Å². The molecule has 0 saturated carbocycles. The van der Waals surface area contributed by atoms with Gasteiger partial charge in [0.05, 0.1) is 13.2 Å². The summed E-state index contributed by atoms with van der Waals surface area (Å²) in [6.07, 6.45) is 5.03. The second kappa shape index (κ2) is 11.7. The standard InChI is InChI=1S/C21H32O4/c1-4-7-11-14-21(19(22)24-15-5-2,20(23)25-16-6-3)17-18-12-9-8-10-13-18/h8-10,12-13H,4-7,11,14-17H2,1-3H3. The zero-order valence-electron chi connectivity index (χ0n) is 15.9. The van der Waals surface area contributed by atoms with Crippen molar-refractivity contribution in [1.29, 1.82) is 0 Å². The van der Waals surface area contributed by atoms with Crippen LogP contribution in [-0.4, -0.2) is 25.2 Å². The summed E-state index contributed by atoms with van der Waals surface area (Å²) in [7, 11) is 0. The summed E-state index contributed by atoms with van der Waals surface area (Å²) in [4.78, 5) is 25.8. The van der Waals surface area contributed by atoms with Crippen LogP contribution in [-0.2, 0) is 25.5 Å². The molecule has 1 aromatic carbocycles. The first kappa shape index (κ1) is 21.2. The first-order chi connectivity index (χ1) is 12.1. The van der Waals surface area contributed by atoms with Crippen molar-refractivity contribution >= 4 is 11.9 Å². The van der Waals surface area contributed by atoms with Crippen molar-refractivity contribution in [2.45, 2.75) is 65.7 Å². The smallest absolute Gasteiger partial charge is 0.323 e. The van der Waals surface area contributed by atoms with Gasteiger partial charge in [-0.3, -0.25) is 9.59 Å². The maximum absolute atomic E-state index is 12.9. The van der Waals surface area contributed by atoms with E-state index in [-0.39, 0.29) is 0 Å². The molecule has 0 aliphatic carbocycles. The highest BCUT2D eigenvalue weighted by Crippen LogP contribution is 2.33. The molecule has 0 atom stereocenters. The van der Waals surface area contributed by atoms with Gasteiger partial charge in [0.2, 0.25) is 0 Å². The largest absolute Gasteiger partial charge is 0.465 e. The number of benzene rings is 1. The van der Waals surface area contributed by atoms with E-state index in [1.165, 1.54) is 0 Å². The highest BCUT2D eigenvalue weighted by Gasteiger charge is 2.48. The van der Waals surface area contributed by atoms with Crippen LogP contribution < -0.4 is 0 Å². The number of esters is 2. The van der Waals surface area contributed by atoms with Crippen molar-refractivity contribution in [3.05, 3.63) is 35.9 Å². The second-order valence-corrected chi connectivity index (χ2v) is 6.47. The van der Waals surface area contributed by atoms with Gasteiger partial charge in [0.25, 0.3) is 0 Å². The summed E-state index contributed by atoms with van der Waals surface area (Å²) in [5, 5.41) is 0. The highest BCUT2D eigenvalue weighted by molar-refractivity contribution is 6.00. The summed E-state index contributed by atoms with van der Waals surface area (Å²) in [5.41, 5.74) is -0.304. The van der Waals surface area contributed by atoms with Crippen LogP contribution in [0.2, 0.25) is 0 Å². The maximum Gasteiger partial charge on any atom is 0.323 e. The maximum atomic E-state index is 12.9. The first-order valence-electron chi connectivity index (χ1n) is 9.49. The summed E-state index contributed by atoms with van der Waals surface area (Å²) < 4.78 is 10.8. The fourth-order valence-electron chi connectivity index (χ4n) is 2.81. The highest BCUT2D eigenvalue weighted by atomic mass is 16.6. The minimum absolute atomic E-state index is 0.322. The van der Waals surface area contributed by atoms with Crippen molar-refractivity contribution in [3.63, 3.8) is 0 Å². The molecule has 0 N–H and O–H groups in total. The summed E-state index contributed by atoms with van der Waals surface area (Å²) in [5.74, 6) is -0.897. The normalized spacial score (nSPS) is 11.2. The molecule has 0 unspecified atom stereocenters. The molecule has 1 aromatic rings. The Morgan fingerprint density at radius 1 is 0.840 bits per heavy atom. The topological polar surface area (TPSA) is 52.6 Å². The molecular formula is C21H32O4. The Morgan fingerprint density at radius 3 is 1.88 bits per heavy atom. The second-order valence-electron chi connectivity index (χ2n) is 6.47. The van der Waals surface area contributed by atoms with Crippen LogP contribution in [0.25, 0.3) is 0 Å². The van der Waals surface area contributed by atoms with Gasteiger partial charge < -0.3 is 9.47 Å². The van der Waals surface area contributed by atoms with E-state index in [0.29, 0.717) is 26.1 Å². The van der Waals surface area contributed by atoms with Crippen LogP contribution >= 0.6 is 0 Å². The molecule has 0 bridgehead atoms. The zero-order valence-corrected chi connectivity index (χ0v) is 15.9. The lowest BCUT2D eigenvalue weighted by atomic mass is 9.77. The van der Waals surface area contributed by atoms with Crippen molar-refractivity contribution in [3.8, 4) is 0 Å². The Hall–Kier alpha value is -1.84. The minimum atomic E-state index is -1.25. The van der Waals surface area contributed by atoms with Crippen LogP contribution in [0.3, 0.4) is 0 Å². The van der Waals surface area contributed by atoms with E-state index in [1.807, 2.05) is 44.2 Å². The van der Waals surface area contributed by atoms with Gasteiger partial charge in [0.15, 0.2) is 5.41 Å². The van der Waals surface area contributed by atoms with Crippen LogP contribution in [0.15, 0.2) is 30.3 Å². The third kappa shape index (κ3) is 6.52. The molecule has 1 rings (SSSR count). The molecule has 140 valence electrons. The average Bonchev–Trinajstić information content (AvgIpc) is 2.64. The fourth-order valence-corrected chi connectivity index (χ4v) is 2.81. The van der Waals surface area contributed by atoms with Crippen molar-refractivity contribution < 1.29 is 19.1 Å². The number of rotatable bonds is 12. The van der Waals surface area contributed by atoms with Gasteiger partial charge in [-0.05, 0) is 31.2 Å². The zero-order chi connectivity index (χ0) is 18.5. The molecule has 0 aliphatic heterocycles. The van der Waals surface area contributed by atoms with Crippen LogP contribution in [0, 0.1) is 5.41 Å². The third-order valence-corrected chi connectivity index (χ3v) is 4.21. The van der Waals surface area contributed by atoms with E-state index < -0.39 is 17.4 Å². The molecule has 4 nitrogen and oxygen atoms in total. The molecular weight excluding hydrogens is 316 g/mol. The molecule has 0 aromatic heterocycles. The van der Waals surface area contributed by atoms with Gasteiger partial charge in [0.1, 0.15) is 0 Å². The van der Waals surface area contributed by atoms with Crippen molar-refractivity contribution in [2.75, 3.05) is 13.2 Å². The van der Waals surface area contributed by atoms with Gasteiger partial charge in [-0.25, -0.2) is 0 Å². The van der Waals surface area contributed by atoms with Gasteiger partial charge >= 0.3 is 11.9 Å². The monoisotopic (exact) mass is 348 g/mol. The number of unbranched alkanes of at least 4 members (excludes halogenated alkanes) is 2. The molecule has 0 radical (unpaired) electrons. The van der Waals surface area contributed by atoms with E-state index in [0.717, 1.165) is 37.7 Å². The lowest BCUT2D eigenvalue weighted by Crippen LogP contribution is -2.44. The van der Waals surface area contributed by atoms with Crippen molar-refractivity contribution in [2.24, 2.45) is 5.41 Å². The van der Waals surface area contributed by atoms with Crippen LogP contribution in [0.5, 0.6) is 0 Å². The fraction of sp³-hybridized carbons (Fsp3) is 0.619. The summed E-state index contributed by atoms with van der Waals surface area (Å²) in [6, 6.07) is 9.64. The molecule has 0 heterocycles. The lowest BCUT2D eigenvalue weighted by Gasteiger charge is -2.29. The minimum Gasteiger partial charge on any atom is -0.465 e. The van der Waals surface area contributed by atoms with E-state index in [1.54, 1.807) is 0 Å². The van der Waals surface area contributed by atoms with Gasteiger partial charge in [-0.2, -0.15) is 0 Å². The first-order valence-corrected chi connectivity index (χ1v) is 9.49. The predicted molar refractivity (Wildman–Crippen MR) is 99.2 cm³/mol. The number of carbonyl (C=O) groups excluding carboxylic acids is 2. The van der Waals surface area contributed by atoms with Crippen LogP contribution in [0.4, 0.5) is 0 Å². The predicted octanol–water partition coefficient (Wildman–Crippen LogP) is 4.70. The lowest BCUT2D eigenvalue weighted by molar-refractivity contribution is -0.173. The number of hydrogen-bond donors (Lipinski definition) is 0. The average molecular weight is 348 g/mol. The van der Waals surface area contributed by atoms with Gasteiger partial charge in [-0.1, -0.05) is 70.4 Å².